The third-order valence-electron chi connectivity index (χ3n) is 4.40. The Bertz CT molecular complexity index is 660. The van der Waals surface area contributed by atoms with Crippen LogP contribution in [0.3, 0.4) is 0 Å². The lowest BCUT2D eigenvalue weighted by Gasteiger charge is -2.40. The second kappa shape index (κ2) is 6.91. The second-order valence-corrected chi connectivity index (χ2v) is 5.75. The molecule has 1 aliphatic heterocycles. The number of ether oxygens (including phenoxy) is 1. The number of amides is 1. The molecule has 0 aliphatic carbocycles. The molecule has 2 aromatic rings. The lowest BCUT2D eigenvalue weighted by Crippen LogP contribution is -2.52. The van der Waals surface area contributed by atoms with Crippen molar-refractivity contribution in [3.05, 3.63) is 53.6 Å². The van der Waals surface area contributed by atoms with Crippen molar-refractivity contribution in [1.29, 1.82) is 0 Å². The van der Waals surface area contributed by atoms with Gasteiger partial charge >= 0.3 is 0 Å². The first-order valence-electron chi connectivity index (χ1n) is 7.77. The zero-order valence-corrected chi connectivity index (χ0v) is 13.0. The summed E-state index contributed by atoms with van der Waals surface area (Å²) in [6.45, 7) is 0.636. The molecule has 3 rings (SSSR count). The van der Waals surface area contributed by atoms with E-state index in [0.717, 1.165) is 12.8 Å². The van der Waals surface area contributed by atoms with Crippen molar-refractivity contribution < 1.29 is 13.9 Å². The van der Waals surface area contributed by atoms with Crippen LogP contribution in [0.2, 0.25) is 0 Å². The number of aromatic amines is 1. The van der Waals surface area contributed by atoms with E-state index in [9.17, 15) is 9.18 Å². The monoisotopic (exact) mass is 317 g/mol. The molecule has 122 valence electrons. The third-order valence-corrected chi connectivity index (χ3v) is 4.40. The van der Waals surface area contributed by atoms with E-state index in [-0.39, 0.29) is 23.9 Å². The van der Waals surface area contributed by atoms with Crippen molar-refractivity contribution in [3.63, 3.8) is 0 Å². The molecule has 1 aliphatic rings. The molecule has 1 saturated heterocycles. The number of carbonyl (C=O) groups excluding carboxylic acids is 1. The highest BCUT2D eigenvalue weighted by molar-refractivity contribution is 5.92. The van der Waals surface area contributed by atoms with Gasteiger partial charge in [0.2, 0.25) is 0 Å². The minimum absolute atomic E-state index is 0.102. The maximum atomic E-state index is 14.0. The average Bonchev–Trinajstić information content (AvgIpc) is 3.11. The molecule has 5 nitrogen and oxygen atoms in total. The van der Waals surface area contributed by atoms with Crippen LogP contribution in [0.4, 0.5) is 4.39 Å². The van der Waals surface area contributed by atoms with Gasteiger partial charge < -0.3 is 9.64 Å². The zero-order valence-electron chi connectivity index (χ0n) is 13.0. The van der Waals surface area contributed by atoms with Crippen molar-refractivity contribution in [1.82, 2.24) is 15.1 Å². The number of likely N-dealkylation sites (tertiary alicyclic amines) is 1. The fourth-order valence-corrected chi connectivity index (χ4v) is 3.21. The Morgan fingerprint density at radius 2 is 2.26 bits per heavy atom. The number of piperidine rings is 1. The molecule has 1 aromatic carbocycles. The van der Waals surface area contributed by atoms with Crippen molar-refractivity contribution >= 4 is 5.91 Å². The summed E-state index contributed by atoms with van der Waals surface area (Å²) in [5.41, 5.74) is 1.05. The summed E-state index contributed by atoms with van der Waals surface area (Å²) in [6, 6.07) is 8.14. The molecular formula is C17H20FN3O2. The van der Waals surface area contributed by atoms with Crippen LogP contribution in [-0.2, 0) is 11.2 Å². The molecule has 0 radical (unpaired) electrons. The van der Waals surface area contributed by atoms with Gasteiger partial charge in [-0.05, 0) is 37.0 Å². The Labute approximate surface area is 134 Å². The summed E-state index contributed by atoms with van der Waals surface area (Å²) in [7, 11) is 1.64. The van der Waals surface area contributed by atoms with E-state index in [1.165, 1.54) is 6.07 Å². The molecule has 23 heavy (non-hydrogen) atoms. The fourth-order valence-electron chi connectivity index (χ4n) is 3.21. The molecule has 0 spiro atoms. The first-order chi connectivity index (χ1) is 11.2. The smallest absolute Gasteiger partial charge is 0.272 e. The van der Waals surface area contributed by atoms with E-state index in [4.69, 9.17) is 4.74 Å². The molecule has 1 aromatic heterocycles. The number of nitrogens with one attached hydrogen (secondary N) is 1. The number of nitrogens with zero attached hydrogens (tertiary/aromatic N) is 2. The van der Waals surface area contributed by atoms with Gasteiger partial charge in [0.1, 0.15) is 11.5 Å². The van der Waals surface area contributed by atoms with Gasteiger partial charge in [-0.3, -0.25) is 9.89 Å². The highest BCUT2D eigenvalue weighted by Crippen LogP contribution is 2.25. The van der Waals surface area contributed by atoms with Crippen LogP contribution in [-0.4, -0.2) is 46.8 Å². The van der Waals surface area contributed by atoms with E-state index in [1.807, 2.05) is 6.07 Å². The molecule has 2 heterocycles. The summed E-state index contributed by atoms with van der Waals surface area (Å²) in [4.78, 5) is 14.5. The lowest BCUT2D eigenvalue weighted by molar-refractivity contribution is -0.0122. The van der Waals surface area contributed by atoms with Gasteiger partial charge in [0.05, 0.1) is 12.1 Å². The Morgan fingerprint density at radius 3 is 2.96 bits per heavy atom. The highest BCUT2D eigenvalue weighted by Gasteiger charge is 2.35. The molecule has 0 bridgehead atoms. The minimum Gasteiger partial charge on any atom is -0.379 e. The van der Waals surface area contributed by atoms with Crippen molar-refractivity contribution in [2.24, 2.45) is 0 Å². The summed E-state index contributed by atoms with van der Waals surface area (Å²) < 4.78 is 19.6. The molecule has 0 saturated carbocycles. The number of hydrogen-bond acceptors (Lipinski definition) is 3. The van der Waals surface area contributed by atoms with Crippen LogP contribution < -0.4 is 0 Å². The zero-order chi connectivity index (χ0) is 16.2. The minimum atomic E-state index is -0.248. The van der Waals surface area contributed by atoms with Gasteiger partial charge in [-0.15, -0.1) is 0 Å². The van der Waals surface area contributed by atoms with Gasteiger partial charge in [0.25, 0.3) is 5.91 Å². The molecule has 1 N–H and O–H groups in total. The van der Waals surface area contributed by atoms with Crippen LogP contribution in [0.1, 0.15) is 28.9 Å². The van der Waals surface area contributed by atoms with Crippen molar-refractivity contribution in [2.75, 3.05) is 13.7 Å². The normalized spacial score (nSPS) is 21.4. The lowest BCUT2D eigenvalue weighted by atomic mass is 9.92. The van der Waals surface area contributed by atoms with Gasteiger partial charge in [0.15, 0.2) is 0 Å². The summed E-state index contributed by atoms with van der Waals surface area (Å²) in [6.07, 6.45) is 3.62. The van der Waals surface area contributed by atoms with Gasteiger partial charge in [-0.2, -0.15) is 5.10 Å². The SMILES string of the molecule is CO[C@H]1CCCN(C(=O)c2ccn[nH]2)[C@H]1Cc1ccccc1F. The number of halogens is 1. The molecular weight excluding hydrogens is 297 g/mol. The molecule has 0 unspecified atom stereocenters. The van der Waals surface area contributed by atoms with Gasteiger partial charge in [0, 0.05) is 19.9 Å². The second-order valence-electron chi connectivity index (χ2n) is 5.75. The summed E-state index contributed by atoms with van der Waals surface area (Å²) >= 11 is 0. The quantitative estimate of drug-likeness (QED) is 0.942. The largest absolute Gasteiger partial charge is 0.379 e. The molecule has 6 heteroatoms. The Morgan fingerprint density at radius 1 is 1.43 bits per heavy atom. The number of hydrogen-bond donors (Lipinski definition) is 1. The fraction of sp³-hybridized carbons (Fsp3) is 0.412. The Balaban J connectivity index is 1.87. The average molecular weight is 317 g/mol. The van der Waals surface area contributed by atoms with Crippen LogP contribution in [0.5, 0.6) is 0 Å². The maximum absolute atomic E-state index is 14.0. The maximum Gasteiger partial charge on any atom is 0.272 e. The predicted molar refractivity (Wildman–Crippen MR) is 83.5 cm³/mol. The molecule has 1 fully saturated rings. The van der Waals surface area contributed by atoms with E-state index in [1.54, 1.807) is 36.4 Å². The number of carbonyl (C=O) groups is 1. The number of benzene rings is 1. The van der Waals surface area contributed by atoms with E-state index in [2.05, 4.69) is 10.2 Å². The number of rotatable bonds is 4. The first kappa shape index (κ1) is 15.7. The molecule has 2 atom stereocenters. The van der Waals surface area contributed by atoms with E-state index < -0.39 is 0 Å². The highest BCUT2D eigenvalue weighted by atomic mass is 19.1. The Hall–Kier alpha value is -2.21. The summed E-state index contributed by atoms with van der Waals surface area (Å²) in [5.74, 6) is -0.368. The topological polar surface area (TPSA) is 58.2 Å². The van der Waals surface area contributed by atoms with Crippen molar-refractivity contribution in [3.8, 4) is 0 Å². The standard InChI is InChI=1S/C17H20FN3O2/c1-23-16-7-4-10-21(17(22)14-8-9-19-20-14)15(16)11-12-5-2-3-6-13(12)18/h2-3,5-6,8-9,15-16H,4,7,10-11H2,1H3,(H,19,20)/t15-,16-/m0/s1. The predicted octanol–water partition coefficient (Wildman–Crippen LogP) is 2.41. The van der Waals surface area contributed by atoms with Gasteiger partial charge in [-0.1, -0.05) is 18.2 Å². The number of H-pyrrole nitrogens is 1. The van der Waals surface area contributed by atoms with Crippen LogP contribution in [0, 0.1) is 5.82 Å². The first-order valence-corrected chi connectivity index (χ1v) is 7.77. The summed E-state index contributed by atoms with van der Waals surface area (Å²) in [5, 5.41) is 6.54. The van der Waals surface area contributed by atoms with Crippen LogP contribution in [0.15, 0.2) is 36.5 Å². The molecule has 1 amide bonds. The van der Waals surface area contributed by atoms with Gasteiger partial charge in [-0.25, -0.2) is 4.39 Å². The Kier molecular flexibility index (Phi) is 4.71. The number of aromatic nitrogens is 2. The third kappa shape index (κ3) is 3.27. The van der Waals surface area contributed by atoms with Crippen LogP contribution >= 0.6 is 0 Å². The van der Waals surface area contributed by atoms with E-state index >= 15 is 0 Å². The van der Waals surface area contributed by atoms with Crippen LogP contribution in [0.25, 0.3) is 0 Å². The number of methoxy groups -OCH3 is 1. The van der Waals surface area contributed by atoms with E-state index in [0.29, 0.717) is 24.2 Å². The van der Waals surface area contributed by atoms with Crippen molar-refractivity contribution in [2.45, 2.75) is 31.4 Å².